The number of hydrogen-bond acceptors (Lipinski definition) is 6. The van der Waals surface area contributed by atoms with Crippen LogP contribution in [0.4, 0.5) is 32.1 Å². The van der Waals surface area contributed by atoms with Crippen LogP contribution in [0, 0.1) is 0 Å². The molecule has 27 heavy (non-hydrogen) atoms. The summed E-state index contributed by atoms with van der Waals surface area (Å²) >= 11 is 1.21. The van der Waals surface area contributed by atoms with Gasteiger partial charge in [0.1, 0.15) is 16.9 Å². The first-order valence-electron chi connectivity index (χ1n) is 7.94. The molecule has 11 heteroatoms. The quantitative estimate of drug-likeness (QED) is 0.731. The fourth-order valence-corrected chi connectivity index (χ4v) is 3.62. The molecule has 1 saturated heterocycles. The van der Waals surface area contributed by atoms with Gasteiger partial charge in [-0.15, -0.1) is 0 Å². The van der Waals surface area contributed by atoms with E-state index in [2.05, 4.69) is 9.72 Å². The average molecular weight is 409 g/mol. The highest BCUT2D eigenvalue weighted by Gasteiger charge is 2.36. The van der Waals surface area contributed by atoms with E-state index in [1.54, 1.807) is 4.90 Å². The zero-order valence-electron chi connectivity index (χ0n) is 13.8. The van der Waals surface area contributed by atoms with Crippen LogP contribution < -0.4 is 15.4 Å². The van der Waals surface area contributed by atoms with Gasteiger partial charge in [0.25, 0.3) is 0 Å². The second kappa shape index (κ2) is 7.85. The molecule has 2 atom stereocenters. The summed E-state index contributed by atoms with van der Waals surface area (Å²) < 4.78 is 72.8. The van der Waals surface area contributed by atoms with E-state index in [-0.39, 0.29) is 12.4 Å². The highest BCUT2D eigenvalue weighted by molar-refractivity contribution is 7.19. The second-order valence-corrected chi connectivity index (χ2v) is 6.98. The lowest BCUT2D eigenvalue weighted by atomic mass is 10.2. The van der Waals surface area contributed by atoms with Gasteiger partial charge in [-0.3, -0.25) is 0 Å². The molecule has 0 spiro atoms. The fraction of sp³-hybridized carbons (Fsp3) is 0.438. The van der Waals surface area contributed by atoms with Gasteiger partial charge < -0.3 is 20.1 Å². The molecule has 0 unspecified atom stereocenters. The summed E-state index contributed by atoms with van der Waals surface area (Å²) in [5, 5.41) is 1.03. The smallest absolute Gasteiger partial charge is 0.416 e. The third kappa shape index (κ3) is 4.98. The Labute approximate surface area is 155 Å². The number of halogens is 5. The zero-order chi connectivity index (χ0) is 19.6. The van der Waals surface area contributed by atoms with Crippen LogP contribution in [-0.4, -0.2) is 36.9 Å². The fourth-order valence-electron chi connectivity index (χ4n) is 2.86. The Balaban J connectivity index is 1.69. The summed E-state index contributed by atoms with van der Waals surface area (Å²) in [7, 11) is 0. The van der Waals surface area contributed by atoms with Crippen molar-refractivity contribution in [3.8, 4) is 5.75 Å². The first kappa shape index (κ1) is 19.6. The zero-order valence-corrected chi connectivity index (χ0v) is 14.6. The third-order valence-electron chi connectivity index (χ3n) is 4.03. The molecule has 5 nitrogen and oxygen atoms in total. The first-order chi connectivity index (χ1) is 12.7. The number of anilines is 2. The molecule has 148 valence electrons. The molecule has 1 fully saturated rings. The maximum absolute atomic E-state index is 12.6. The molecule has 1 aromatic heterocycles. The van der Waals surface area contributed by atoms with Gasteiger partial charge in [0.15, 0.2) is 5.13 Å². The van der Waals surface area contributed by atoms with Gasteiger partial charge in [0.05, 0.1) is 31.0 Å². The largest absolute Gasteiger partial charge is 0.489 e. The van der Waals surface area contributed by atoms with Crippen LogP contribution in [0.15, 0.2) is 30.5 Å². The number of nitrogens with two attached hydrogens (primary N) is 1. The molecule has 0 bridgehead atoms. The lowest BCUT2D eigenvalue weighted by Crippen LogP contribution is -2.34. The normalized spacial score (nSPS) is 20.4. The van der Waals surface area contributed by atoms with Crippen molar-refractivity contribution in [1.82, 2.24) is 4.98 Å². The maximum Gasteiger partial charge on any atom is 0.416 e. The van der Waals surface area contributed by atoms with Crippen LogP contribution in [0.2, 0.25) is 0 Å². The Hall–Kier alpha value is -2.14. The van der Waals surface area contributed by atoms with Crippen LogP contribution in [-0.2, 0) is 10.9 Å². The van der Waals surface area contributed by atoms with E-state index >= 15 is 0 Å². The molecule has 2 heterocycles. The van der Waals surface area contributed by atoms with Gasteiger partial charge in [-0.25, -0.2) is 4.98 Å². The minimum absolute atomic E-state index is 0.232. The summed E-state index contributed by atoms with van der Waals surface area (Å²) in [5.74, 6) is 0.266. The van der Waals surface area contributed by atoms with Crippen molar-refractivity contribution in [3.05, 3.63) is 36.0 Å². The van der Waals surface area contributed by atoms with Gasteiger partial charge in [0.2, 0.25) is 0 Å². The molecule has 3 rings (SSSR count). The molecule has 2 N–H and O–H groups in total. The summed E-state index contributed by atoms with van der Waals surface area (Å²) in [6, 6.07) is 3.92. The molecular weight excluding hydrogens is 393 g/mol. The molecular formula is C16H16F5N3O2S. The van der Waals surface area contributed by atoms with E-state index < -0.39 is 30.5 Å². The summed E-state index contributed by atoms with van der Waals surface area (Å²) in [6.45, 7) is -2.81. The van der Waals surface area contributed by atoms with E-state index in [0.29, 0.717) is 23.1 Å². The maximum atomic E-state index is 12.6. The lowest BCUT2D eigenvalue weighted by molar-refractivity contribution is -0.137. The van der Waals surface area contributed by atoms with Crippen molar-refractivity contribution >= 4 is 21.5 Å². The van der Waals surface area contributed by atoms with Crippen molar-refractivity contribution in [3.63, 3.8) is 0 Å². The van der Waals surface area contributed by atoms with E-state index in [1.165, 1.54) is 29.7 Å². The summed E-state index contributed by atoms with van der Waals surface area (Å²) in [5.41, 5.74) is 4.90. The Morgan fingerprint density at radius 1 is 1.26 bits per heavy atom. The first-order valence-corrected chi connectivity index (χ1v) is 8.75. The van der Waals surface area contributed by atoms with Crippen LogP contribution >= 0.6 is 11.3 Å². The number of hydrogen-bond donors (Lipinski definition) is 1. The number of ether oxygens (including phenoxy) is 2. The van der Waals surface area contributed by atoms with Crippen molar-refractivity contribution in [2.45, 2.75) is 31.4 Å². The van der Waals surface area contributed by atoms with Crippen LogP contribution in [0.5, 0.6) is 5.75 Å². The predicted molar refractivity (Wildman–Crippen MR) is 90.1 cm³/mol. The number of nitrogens with zero attached hydrogens (tertiary/aromatic N) is 2. The summed E-state index contributed by atoms with van der Waals surface area (Å²) in [6.07, 6.45) is -3.02. The number of nitrogen functional groups attached to an aromatic ring is 1. The van der Waals surface area contributed by atoms with Gasteiger partial charge >= 0.3 is 12.8 Å². The topological polar surface area (TPSA) is 60.6 Å². The van der Waals surface area contributed by atoms with E-state index in [9.17, 15) is 22.0 Å². The van der Waals surface area contributed by atoms with Crippen molar-refractivity contribution in [1.29, 1.82) is 0 Å². The Morgan fingerprint density at radius 2 is 1.96 bits per heavy atom. The number of thiazole rings is 1. The van der Waals surface area contributed by atoms with E-state index in [0.717, 1.165) is 12.1 Å². The minimum atomic E-state index is -4.43. The third-order valence-corrected chi connectivity index (χ3v) is 4.90. The number of rotatable bonds is 6. The monoisotopic (exact) mass is 409 g/mol. The Morgan fingerprint density at radius 3 is 2.52 bits per heavy atom. The van der Waals surface area contributed by atoms with Crippen molar-refractivity contribution in [2.24, 2.45) is 0 Å². The standard InChI is InChI=1S/C16H16F5N3O2S/c17-14(18)25-8-10-5-12(7-24(10)15-23-6-13(22)27-15)26-11-3-1-9(2-4-11)16(19,20)21/h1-4,6,10,12,14H,5,7-8,22H2/t10-,12-/m0/s1. The number of aromatic nitrogens is 1. The van der Waals surface area contributed by atoms with Crippen molar-refractivity contribution in [2.75, 3.05) is 23.8 Å². The van der Waals surface area contributed by atoms with Gasteiger partial charge in [-0.2, -0.15) is 22.0 Å². The van der Waals surface area contributed by atoms with Gasteiger partial charge in [-0.05, 0) is 24.3 Å². The van der Waals surface area contributed by atoms with Crippen LogP contribution in [0.25, 0.3) is 0 Å². The van der Waals surface area contributed by atoms with Crippen LogP contribution in [0.1, 0.15) is 12.0 Å². The minimum Gasteiger partial charge on any atom is -0.489 e. The van der Waals surface area contributed by atoms with E-state index in [4.69, 9.17) is 10.5 Å². The van der Waals surface area contributed by atoms with Crippen LogP contribution in [0.3, 0.4) is 0 Å². The molecule has 1 aliphatic heterocycles. The van der Waals surface area contributed by atoms with Crippen molar-refractivity contribution < 1.29 is 31.4 Å². The molecule has 0 amide bonds. The average Bonchev–Trinajstić information content (AvgIpc) is 3.18. The molecule has 1 aliphatic rings. The summed E-state index contributed by atoms with van der Waals surface area (Å²) in [4.78, 5) is 5.91. The highest BCUT2D eigenvalue weighted by atomic mass is 32.1. The lowest BCUT2D eigenvalue weighted by Gasteiger charge is -2.23. The molecule has 0 radical (unpaired) electrons. The van der Waals surface area contributed by atoms with E-state index in [1.807, 2.05) is 0 Å². The highest BCUT2D eigenvalue weighted by Crippen LogP contribution is 2.34. The predicted octanol–water partition coefficient (Wildman–Crippen LogP) is 4.01. The second-order valence-electron chi connectivity index (χ2n) is 5.94. The van der Waals surface area contributed by atoms with Gasteiger partial charge in [-0.1, -0.05) is 11.3 Å². The molecule has 0 saturated carbocycles. The van der Waals surface area contributed by atoms with Gasteiger partial charge in [0, 0.05) is 6.42 Å². The Kier molecular flexibility index (Phi) is 5.70. The Bertz CT molecular complexity index is 753. The SMILES string of the molecule is Nc1cnc(N2C[C@@H](Oc3ccc(C(F)(F)F)cc3)C[C@H]2COC(F)F)s1. The number of alkyl halides is 5. The number of benzene rings is 1. The molecule has 2 aromatic rings. The molecule has 1 aromatic carbocycles. The molecule has 0 aliphatic carbocycles.